The first kappa shape index (κ1) is 17.5. The van der Waals surface area contributed by atoms with E-state index < -0.39 is 5.97 Å². The molecule has 0 aromatic heterocycles. The van der Waals surface area contributed by atoms with Crippen LogP contribution >= 0.6 is 0 Å². The Labute approximate surface area is 147 Å². The summed E-state index contributed by atoms with van der Waals surface area (Å²) in [6.45, 7) is 5.52. The van der Waals surface area contributed by atoms with Crippen LogP contribution in [0.15, 0.2) is 24.3 Å². The van der Waals surface area contributed by atoms with Gasteiger partial charge < -0.3 is 20.0 Å². The summed E-state index contributed by atoms with van der Waals surface area (Å²) >= 11 is 0. The number of carbonyl (C=O) groups excluding carboxylic acids is 1. The van der Waals surface area contributed by atoms with Crippen molar-refractivity contribution in [1.82, 2.24) is 9.80 Å². The van der Waals surface area contributed by atoms with Gasteiger partial charge >= 0.3 is 5.97 Å². The highest BCUT2D eigenvalue weighted by Gasteiger charge is 2.35. The van der Waals surface area contributed by atoms with E-state index in [4.69, 9.17) is 5.11 Å². The molecule has 0 aliphatic carbocycles. The molecule has 3 rings (SSSR count). The predicted octanol–water partition coefficient (Wildman–Crippen LogP) is 0.836. The molecule has 7 nitrogen and oxygen atoms in total. The first-order valence-corrected chi connectivity index (χ1v) is 8.76. The summed E-state index contributed by atoms with van der Waals surface area (Å²) in [6.07, 6.45) is 0.605. The van der Waals surface area contributed by atoms with Crippen molar-refractivity contribution in [1.29, 1.82) is 0 Å². The number of piperazine rings is 1. The summed E-state index contributed by atoms with van der Waals surface area (Å²) in [7, 11) is 0. The maximum Gasteiger partial charge on any atom is 0.307 e. The van der Waals surface area contributed by atoms with Gasteiger partial charge in [-0.1, -0.05) is 12.1 Å². The van der Waals surface area contributed by atoms with Crippen LogP contribution in [0.1, 0.15) is 13.3 Å². The third kappa shape index (κ3) is 3.71. The minimum atomic E-state index is -0.779. The molecule has 2 heterocycles. The van der Waals surface area contributed by atoms with Crippen LogP contribution < -0.4 is 4.90 Å². The number of para-hydroxylation sites is 2. The summed E-state index contributed by atoms with van der Waals surface area (Å²) in [5.74, 6) is -0.831. The maximum atomic E-state index is 12.7. The van der Waals surface area contributed by atoms with Gasteiger partial charge in [0.25, 0.3) is 0 Å². The molecule has 2 fully saturated rings. The van der Waals surface area contributed by atoms with E-state index in [1.165, 1.54) is 0 Å². The zero-order valence-corrected chi connectivity index (χ0v) is 14.5. The Bertz CT molecular complexity index is 643. The number of likely N-dealkylation sites (tertiary alicyclic amines) is 1. The molecule has 1 amide bonds. The number of benzene rings is 1. The fourth-order valence-corrected chi connectivity index (χ4v) is 3.66. The van der Waals surface area contributed by atoms with Crippen molar-refractivity contribution >= 4 is 17.6 Å². The highest BCUT2D eigenvalue weighted by molar-refractivity contribution is 5.82. The van der Waals surface area contributed by atoms with E-state index in [2.05, 4.69) is 4.90 Å². The lowest BCUT2D eigenvalue weighted by Gasteiger charge is -2.38. The van der Waals surface area contributed by atoms with Crippen molar-refractivity contribution in [2.45, 2.75) is 19.4 Å². The van der Waals surface area contributed by atoms with Crippen molar-refractivity contribution in [3.05, 3.63) is 24.3 Å². The molecular weight excluding hydrogens is 322 g/mol. The number of carboxylic acids is 1. The zero-order chi connectivity index (χ0) is 18.0. The van der Waals surface area contributed by atoms with Gasteiger partial charge in [0, 0.05) is 32.7 Å². The van der Waals surface area contributed by atoms with Crippen LogP contribution in [0.25, 0.3) is 0 Å². The summed E-state index contributed by atoms with van der Waals surface area (Å²) < 4.78 is 0. The Hall–Kier alpha value is -2.28. The van der Waals surface area contributed by atoms with Crippen LogP contribution in [0, 0.1) is 5.92 Å². The maximum absolute atomic E-state index is 12.7. The van der Waals surface area contributed by atoms with E-state index in [9.17, 15) is 14.7 Å². The first-order valence-electron chi connectivity index (χ1n) is 8.76. The minimum Gasteiger partial charge on any atom is -0.506 e. The molecule has 7 heteroatoms. The fraction of sp³-hybridized carbons (Fsp3) is 0.556. The van der Waals surface area contributed by atoms with Crippen LogP contribution in [0.4, 0.5) is 5.69 Å². The lowest BCUT2D eigenvalue weighted by molar-refractivity contribution is -0.142. The number of carbonyl (C=O) groups is 2. The quantitative estimate of drug-likeness (QED) is 0.840. The van der Waals surface area contributed by atoms with E-state index >= 15 is 0 Å². The number of carboxylic acid groups (broad SMARTS) is 1. The number of anilines is 1. The van der Waals surface area contributed by atoms with Gasteiger partial charge in [-0.3, -0.25) is 14.5 Å². The van der Waals surface area contributed by atoms with Crippen molar-refractivity contribution < 1.29 is 19.8 Å². The number of nitrogens with zero attached hydrogens (tertiary/aromatic N) is 3. The number of phenols is 1. The Kier molecular flexibility index (Phi) is 5.13. The molecule has 0 radical (unpaired) electrons. The van der Waals surface area contributed by atoms with Gasteiger partial charge in [-0.15, -0.1) is 0 Å². The van der Waals surface area contributed by atoms with Gasteiger partial charge in [0.2, 0.25) is 5.91 Å². The smallest absolute Gasteiger partial charge is 0.307 e. The Morgan fingerprint density at radius 2 is 1.80 bits per heavy atom. The van der Waals surface area contributed by atoms with E-state index in [0.29, 0.717) is 45.7 Å². The predicted molar refractivity (Wildman–Crippen MR) is 93.7 cm³/mol. The second-order valence-corrected chi connectivity index (χ2v) is 6.80. The third-order valence-corrected chi connectivity index (χ3v) is 5.29. The Balaban J connectivity index is 1.55. The highest BCUT2D eigenvalue weighted by Crippen LogP contribution is 2.27. The van der Waals surface area contributed by atoms with Crippen molar-refractivity contribution in [3.8, 4) is 5.75 Å². The highest BCUT2D eigenvalue weighted by atomic mass is 16.4. The van der Waals surface area contributed by atoms with Crippen molar-refractivity contribution in [2.75, 3.05) is 44.2 Å². The minimum absolute atomic E-state index is 0.0583. The summed E-state index contributed by atoms with van der Waals surface area (Å²) in [5.41, 5.74) is 0.798. The molecule has 2 aliphatic heterocycles. The summed E-state index contributed by atoms with van der Waals surface area (Å²) in [4.78, 5) is 29.7. The van der Waals surface area contributed by atoms with Crippen LogP contribution in [-0.4, -0.2) is 77.2 Å². The van der Waals surface area contributed by atoms with Gasteiger partial charge in [-0.05, 0) is 32.0 Å². The first-order chi connectivity index (χ1) is 12.0. The van der Waals surface area contributed by atoms with E-state index in [-0.39, 0.29) is 23.6 Å². The second-order valence-electron chi connectivity index (χ2n) is 6.80. The Morgan fingerprint density at radius 1 is 1.12 bits per heavy atom. The van der Waals surface area contributed by atoms with Gasteiger partial charge in [0.05, 0.1) is 17.6 Å². The lowest BCUT2D eigenvalue weighted by atomic mass is 10.1. The molecule has 1 aromatic rings. The molecule has 2 N–H and O–H groups in total. The number of hydrogen-bond donors (Lipinski definition) is 2. The number of hydrogen-bond acceptors (Lipinski definition) is 5. The zero-order valence-electron chi connectivity index (χ0n) is 14.5. The number of phenolic OH excluding ortho intramolecular Hbond substituents is 1. The average Bonchev–Trinajstić information content (AvgIpc) is 3.11. The van der Waals surface area contributed by atoms with Crippen LogP contribution in [-0.2, 0) is 9.59 Å². The molecular formula is C18H25N3O4. The number of aromatic hydroxyl groups is 1. The molecule has 2 saturated heterocycles. The molecule has 0 saturated carbocycles. The topological polar surface area (TPSA) is 84.3 Å². The van der Waals surface area contributed by atoms with E-state index in [1.54, 1.807) is 12.1 Å². The normalized spacial score (nSPS) is 22.8. The summed E-state index contributed by atoms with van der Waals surface area (Å²) in [5, 5.41) is 19.1. The molecule has 1 aromatic carbocycles. The van der Waals surface area contributed by atoms with Gasteiger partial charge in [0.1, 0.15) is 5.75 Å². The third-order valence-electron chi connectivity index (χ3n) is 5.29. The molecule has 0 spiro atoms. The SMILES string of the molecule is CC(C(=O)N1CCN(c2ccccc2O)CC1)N1CCC(C(=O)O)C1. The molecule has 0 bridgehead atoms. The molecule has 25 heavy (non-hydrogen) atoms. The largest absolute Gasteiger partial charge is 0.506 e. The molecule has 2 atom stereocenters. The lowest BCUT2D eigenvalue weighted by Crippen LogP contribution is -2.54. The monoisotopic (exact) mass is 347 g/mol. The molecule has 2 unspecified atom stereocenters. The van der Waals surface area contributed by atoms with Crippen molar-refractivity contribution in [3.63, 3.8) is 0 Å². The number of amides is 1. The molecule has 2 aliphatic rings. The average molecular weight is 347 g/mol. The van der Waals surface area contributed by atoms with Crippen molar-refractivity contribution in [2.24, 2.45) is 5.92 Å². The second kappa shape index (κ2) is 7.31. The van der Waals surface area contributed by atoms with Crippen LogP contribution in [0.3, 0.4) is 0 Å². The van der Waals surface area contributed by atoms with Crippen LogP contribution in [0.5, 0.6) is 5.75 Å². The Morgan fingerprint density at radius 3 is 2.40 bits per heavy atom. The fourth-order valence-electron chi connectivity index (χ4n) is 3.66. The van der Waals surface area contributed by atoms with Gasteiger partial charge in [0.15, 0.2) is 0 Å². The standard InChI is InChI=1S/C18H25N3O4/c1-13(21-7-6-14(12-21)18(24)25)17(23)20-10-8-19(9-11-20)15-4-2-3-5-16(15)22/h2-5,13-14,22H,6-12H2,1H3,(H,24,25). The van der Waals surface area contributed by atoms with Gasteiger partial charge in [-0.2, -0.15) is 0 Å². The van der Waals surface area contributed by atoms with E-state index in [1.807, 2.05) is 28.9 Å². The number of rotatable bonds is 4. The van der Waals surface area contributed by atoms with Gasteiger partial charge in [-0.25, -0.2) is 0 Å². The number of aliphatic carboxylic acids is 1. The molecule has 136 valence electrons. The van der Waals surface area contributed by atoms with Crippen LogP contribution in [0.2, 0.25) is 0 Å². The van der Waals surface area contributed by atoms with E-state index in [0.717, 1.165) is 5.69 Å². The summed E-state index contributed by atoms with van der Waals surface area (Å²) in [6, 6.07) is 6.94.